The van der Waals surface area contributed by atoms with Gasteiger partial charge >= 0.3 is 5.69 Å². The summed E-state index contributed by atoms with van der Waals surface area (Å²) in [6.45, 7) is 5.88. The van der Waals surface area contributed by atoms with Crippen LogP contribution in [0.2, 0.25) is 0 Å². The van der Waals surface area contributed by atoms with Crippen LogP contribution in [0.3, 0.4) is 0 Å². The van der Waals surface area contributed by atoms with Crippen LogP contribution in [0.4, 0.5) is 5.69 Å². The van der Waals surface area contributed by atoms with Gasteiger partial charge in [-0.15, -0.1) is 0 Å². The molecule has 2 rings (SSSR count). The number of nitrogens with zero attached hydrogens (tertiary/aromatic N) is 1. The summed E-state index contributed by atoms with van der Waals surface area (Å²) < 4.78 is 1.18. The van der Waals surface area contributed by atoms with Crippen LogP contribution in [-0.4, -0.2) is 15.5 Å². The summed E-state index contributed by atoms with van der Waals surface area (Å²) >= 11 is 0. The fourth-order valence-corrected chi connectivity index (χ4v) is 1.91. The molecule has 0 saturated carbocycles. The van der Waals surface area contributed by atoms with E-state index < -0.39 is 5.69 Å². The van der Waals surface area contributed by atoms with Crippen molar-refractivity contribution in [2.45, 2.75) is 27.2 Å². The van der Waals surface area contributed by atoms with E-state index in [4.69, 9.17) is 5.73 Å². The van der Waals surface area contributed by atoms with Crippen molar-refractivity contribution >= 4 is 22.6 Å². The van der Waals surface area contributed by atoms with Crippen molar-refractivity contribution in [2.75, 3.05) is 5.73 Å². The topological polar surface area (TPSA) is 80.9 Å². The highest BCUT2D eigenvalue weighted by Crippen LogP contribution is 2.21. The van der Waals surface area contributed by atoms with Gasteiger partial charge in [0.1, 0.15) is 0 Å². The van der Waals surface area contributed by atoms with E-state index in [1.807, 2.05) is 20.8 Å². The number of benzene rings is 1. The number of anilines is 1. The number of carbonyl (C=O) groups is 1. The molecule has 5 heteroatoms. The predicted octanol–water partition coefficient (Wildman–Crippen LogP) is 1.99. The minimum atomic E-state index is -0.412. The normalized spacial score (nSPS) is 11.9. The Balaban J connectivity index is 2.54. The zero-order valence-electron chi connectivity index (χ0n) is 10.8. The fourth-order valence-electron chi connectivity index (χ4n) is 1.91. The summed E-state index contributed by atoms with van der Waals surface area (Å²) in [5.41, 5.74) is 6.79. The zero-order chi connectivity index (χ0) is 13.5. The number of H-pyrrole nitrogens is 1. The Morgan fingerprint density at radius 2 is 2.06 bits per heavy atom. The number of imidazole rings is 1. The molecular formula is C13H17N3O2. The Labute approximate surface area is 105 Å². The van der Waals surface area contributed by atoms with Gasteiger partial charge in [-0.05, 0) is 23.6 Å². The smallest absolute Gasteiger partial charge is 0.333 e. The summed E-state index contributed by atoms with van der Waals surface area (Å²) in [6.07, 6.45) is 0.310. The van der Waals surface area contributed by atoms with Crippen molar-refractivity contribution in [3.8, 4) is 0 Å². The molecule has 18 heavy (non-hydrogen) atoms. The number of rotatable bonds is 1. The van der Waals surface area contributed by atoms with Crippen LogP contribution in [0.5, 0.6) is 0 Å². The van der Waals surface area contributed by atoms with E-state index in [0.717, 1.165) is 0 Å². The van der Waals surface area contributed by atoms with Gasteiger partial charge in [0, 0.05) is 12.1 Å². The van der Waals surface area contributed by atoms with E-state index in [9.17, 15) is 9.59 Å². The molecule has 1 aromatic heterocycles. The molecule has 96 valence electrons. The van der Waals surface area contributed by atoms with Gasteiger partial charge in [-0.25, -0.2) is 9.36 Å². The number of hydrogen-bond donors (Lipinski definition) is 2. The van der Waals surface area contributed by atoms with Gasteiger partial charge in [-0.3, -0.25) is 4.79 Å². The lowest BCUT2D eigenvalue weighted by molar-refractivity contribution is 0.0858. The maximum Gasteiger partial charge on any atom is 0.333 e. The van der Waals surface area contributed by atoms with E-state index >= 15 is 0 Å². The van der Waals surface area contributed by atoms with Crippen molar-refractivity contribution in [1.82, 2.24) is 9.55 Å². The highest BCUT2D eigenvalue weighted by atomic mass is 16.2. The average molecular weight is 247 g/mol. The van der Waals surface area contributed by atoms with Gasteiger partial charge in [0.05, 0.1) is 11.0 Å². The number of carbonyl (C=O) groups excluding carboxylic acids is 1. The summed E-state index contributed by atoms with van der Waals surface area (Å²) in [6, 6.07) is 5.01. The van der Waals surface area contributed by atoms with Crippen molar-refractivity contribution in [2.24, 2.45) is 5.41 Å². The second kappa shape index (κ2) is 4.01. The maximum absolute atomic E-state index is 12.2. The molecule has 0 saturated heterocycles. The van der Waals surface area contributed by atoms with Crippen molar-refractivity contribution in [3.63, 3.8) is 0 Å². The molecule has 0 bridgehead atoms. The Bertz CT molecular complexity index is 659. The number of nitrogens with two attached hydrogens (primary N) is 1. The van der Waals surface area contributed by atoms with Crippen LogP contribution in [0.25, 0.3) is 11.0 Å². The van der Waals surface area contributed by atoms with E-state index in [1.165, 1.54) is 4.57 Å². The van der Waals surface area contributed by atoms with Crippen LogP contribution < -0.4 is 11.4 Å². The molecule has 2 aromatic rings. The molecule has 0 amide bonds. The van der Waals surface area contributed by atoms with Gasteiger partial charge < -0.3 is 10.7 Å². The number of nitrogens with one attached hydrogen (secondary N) is 1. The second-order valence-electron chi connectivity index (χ2n) is 5.67. The number of nitrogen functional groups attached to an aromatic ring is 1. The Morgan fingerprint density at radius 3 is 2.67 bits per heavy atom. The molecule has 0 atom stereocenters. The number of aromatic nitrogens is 2. The molecule has 0 unspecified atom stereocenters. The van der Waals surface area contributed by atoms with Gasteiger partial charge in [-0.2, -0.15) is 0 Å². The van der Waals surface area contributed by atoms with Crippen molar-refractivity contribution in [1.29, 1.82) is 0 Å². The van der Waals surface area contributed by atoms with Crippen LogP contribution >= 0.6 is 0 Å². The van der Waals surface area contributed by atoms with Gasteiger partial charge in [-0.1, -0.05) is 20.8 Å². The van der Waals surface area contributed by atoms with Crippen LogP contribution in [0.1, 0.15) is 32.0 Å². The summed E-state index contributed by atoms with van der Waals surface area (Å²) in [7, 11) is 0. The lowest BCUT2D eigenvalue weighted by atomic mass is 9.92. The quantitative estimate of drug-likeness (QED) is 0.756. The van der Waals surface area contributed by atoms with Gasteiger partial charge in [0.25, 0.3) is 0 Å². The highest BCUT2D eigenvalue weighted by molar-refractivity contribution is 5.91. The minimum absolute atomic E-state index is 0.159. The average Bonchev–Trinajstić information content (AvgIpc) is 2.50. The fraction of sp³-hybridized carbons (Fsp3) is 0.385. The van der Waals surface area contributed by atoms with Crippen LogP contribution in [0.15, 0.2) is 23.0 Å². The van der Waals surface area contributed by atoms with E-state index in [-0.39, 0.29) is 11.3 Å². The van der Waals surface area contributed by atoms with Crippen LogP contribution in [-0.2, 0) is 0 Å². The van der Waals surface area contributed by atoms with Gasteiger partial charge in [0.15, 0.2) is 0 Å². The third-order valence-electron chi connectivity index (χ3n) is 2.64. The highest BCUT2D eigenvalue weighted by Gasteiger charge is 2.20. The Kier molecular flexibility index (Phi) is 2.77. The third kappa shape index (κ3) is 2.30. The lowest BCUT2D eigenvalue weighted by Gasteiger charge is -2.16. The standard InChI is InChI=1S/C13H17N3O2/c1-13(2,3)7-11(17)16-10-5-4-8(14)6-9(10)15-12(16)18/h4-6H,7,14H2,1-3H3,(H,15,18). The lowest BCUT2D eigenvalue weighted by Crippen LogP contribution is -2.27. The number of hydrogen-bond acceptors (Lipinski definition) is 3. The molecule has 1 heterocycles. The van der Waals surface area contributed by atoms with E-state index in [0.29, 0.717) is 23.1 Å². The van der Waals surface area contributed by atoms with E-state index in [2.05, 4.69) is 4.98 Å². The Hall–Kier alpha value is -2.04. The summed E-state index contributed by atoms with van der Waals surface area (Å²) in [5, 5.41) is 0. The van der Waals surface area contributed by atoms with Crippen molar-refractivity contribution < 1.29 is 4.79 Å². The van der Waals surface area contributed by atoms with E-state index in [1.54, 1.807) is 18.2 Å². The maximum atomic E-state index is 12.2. The monoisotopic (exact) mass is 247 g/mol. The zero-order valence-corrected chi connectivity index (χ0v) is 10.8. The van der Waals surface area contributed by atoms with Crippen molar-refractivity contribution in [3.05, 3.63) is 28.7 Å². The molecular weight excluding hydrogens is 230 g/mol. The molecule has 0 aliphatic carbocycles. The molecule has 0 aliphatic heterocycles. The summed E-state index contributed by atoms with van der Waals surface area (Å²) in [4.78, 5) is 26.6. The molecule has 1 aromatic carbocycles. The first-order valence-electron chi connectivity index (χ1n) is 5.81. The SMILES string of the molecule is CC(C)(C)CC(=O)n1c(=O)[nH]c2cc(N)ccc21. The molecule has 0 fully saturated rings. The minimum Gasteiger partial charge on any atom is -0.399 e. The van der Waals surface area contributed by atoms with Gasteiger partial charge in [0.2, 0.25) is 5.91 Å². The first-order chi connectivity index (χ1) is 8.28. The van der Waals surface area contributed by atoms with Crippen LogP contribution in [0, 0.1) is 5.41 Å². The molecule has 0 radical (unpaired) electrons. The molecule has 0 aliphatic rings. The first-order valence-corrected chi connectivity index (χ1v) is 5.81. The molecule has 0 spiro atoms. The summed E-state index contributed by atoms with van der Waals surface area (Å²) in [5.74, 6) is -0.205. The Morgan fingerprint density at radius 1 is 1.39 bits per heavy atom. The second-order valence-corrected chi connectivity index (χ2v) is 5.67. The molecule has 3 N–H and O–H groups in total. The predicted molar refractivity (Wildman–Crippen MR) is 71.7 cm³/mol. The largest absolute Gasteiger partial charge is 0.399 e. The number of aromatic amines is 1. The first kappa shape index (κ1) is 12.4. The third-order valence-corrected chi connectivity index (χ3v) is 2.64. The molecule has 5 nitrogen and oxygen atoms in total. The number of fused-ring (bicyclic) bond motifs is 1.